The molecule has 3 nitrogen and oxygen atoms in total. The first-order chi connectivity index (χ1) is 30.5. The number of aromatic nitrogens is 3. The Morgan fingerprint density at radius 1 is 0.388 bits per heavy atom. The van der Waals surface area contributed by atoms with Crippen LogP contribution in [-0.4, -0.2) is 15.0 Å². The van der Waals surface area contributed by atoms with Crippen LogP contribution in [0.2, 0.25) is 0 Å². The maximum Gasteiger partial charge on any atom is 0.164 e. The van der Waals surface area contributed by atoms with Crippen molar-refractivity contribution in [2.75, 3.05) is 0 Å². The third kappa shape index (κ3) is 5.58. The van der Waals surface area contributed by atoms with Crippen molar-refractivity contribution in [3.05, 3.63) is 176 Å². The van der Waals surface area contributed by atoms with Crippen molar-refractivity contribution in [3.8, 4) is 67.5 Å². The molecular weight excluding hydrogens is 615 g/mol. The Hall–Kier alpha value is -6.23. The Bertz CT molecular complexity index is 3410. The summed E-state index contributed by atoms with van der Waals surface area (Å²) in [6.07, 6.45) is 0. The number of hydrogen-bond donors (Lipinski definition) is 0. The number of benzene rings is 7. The van der Waals surface area contributed by atoms with Crippen LogP contribution in [0.4, 0.5) is 0 Å². The summed E-state index contributed by atoms with van der Waals surface area (Å²) >= 11 is 0.773. The van der Waals surface area contributed by atoms with E-state index in [4.69, 9.17) is 30.0 Å². The van der Waals surface area contributed by atoms with Gasteiger partial charge >= 0.3 is 0 Å². The molecule has 2 heterocycles. The minimum Gasteiger partial charge on any atom is -0.208 e. The van der Waals surface area contributed by atoms with E-state index in [2.05, 4.69) is 0 Å². The first kappa shape index (κ1) is 17.3. The fourth-order valence-electron chi connectivity index (χ4n) is 5.49. The molecule has 0 bridgehead atoms. The van der Waals surface area contributed by atoms with E-state index >= 15 is 0 Å². The van der Waals surface area contributed by atoms with Crippen LogP contribution in [0.3, 0.4) is 0 Å². The van der Waals surface area contributed by atoms with Crippen molar-refractivity contribution >= 4 is 31.5 Å². The third-order valence-corrected chi connectivity index (χ3v) is 8.95. The lowest BCUT2D eigenvalue weighted by atomic mass is 9.95. The van der Waals surface area contributed by atoms with Crippen molar-refractivity contribution in [1.29, 1.82) is 0 Å². The molecule has 49 heavy (non-hydrogen) atoms. The molecule has 0 spiro atoms. The Balaban J connectivity index is 1.43. The summed E-state index contributed by atoms with van der Waals surface area (Å²) in [5, 5.41) is -0.227. The second-order valence-electron chi connectivity index (χ2n) is 10.9. The predicted molar refractivity (Wildman–Crippen MR) is 205 cm³/mol. The fourth-order valence-corrected chi connectivity index (χ4v) is 6.56. The standard InChI is InChI=1S/C45H29N3S/c1-4-13-30(14-5-1)32-23-25-34(26-24-32)44-46-43(33-17-8-3-9-18-33)47-45(48-44)37-28-35(31-15-6-2-7-16-31)27-36(29-37)38-20-12-21-40-39-19-10-11-22-41(39)49-42(38)40/h1-29H/i2D,6D,7D,10D,11D,12D,15D,16D,19D,20D,21D,22D,27D,28D,29D. The Labute approximate surface area is 310 Å². The van der Waals surface area contributed by atoms with E-state index in [0.29, 0.717) is 11.1 Å². The van der Waals surface area contributed by atoms with Crippen molar-refractivity contribution < 1.29 is 20.6 Å². The summed E-state index contributed by atoms with van der Waals surface area (Å²) in [6, 6.07) is 16.1. The van der Waals surface area contributed by atoms with Gasteiger partial charge in [-0.2, -0.15) is 0 Å². The Morgan fingerprint density at radius 3 is 1.65 bits per heavy atom. The maximum absolute atomic E-state index is 9.89. The number of hydrogen-bond acceptors (Lipinski definition) is 4. The van der Waals surface area contributed by atoms with E-state index in [1.54, 1.807) is 42.5 Å². The molecule has 4 heteroatoms. The van der Waals surface area contributed by atoms with Crippen molar-refractivity contribution in [2.24, 2.45) is 0 Å². The normalized spacial score (nSPS) is 15.6. The van der Waals surface area contributed by atoms with Crippen LogP contribution in [0.1, 0.15) is 20.6 Å². The molecule has 0 saturated heterocycles. The minimum atomic E-state index is -0.760. The molecule has 230 valence electrons. The SMILES string of the molecule is [2H]c1c([2H])c([2H])c(-c2c([2H])c(-c3nc(-c4ccccc4)nc(-c4ccc(-c5ccccc5)cc4)n3)c([2H])c(-c3c([2H])c([2H])c([2H])c4c3sc3c([2H])c([2H])c([2H])c([2H])c34)c2[2H])c([2H])c1[2H]. The van der Waals surface area contributed by atoms with Crippen LogP contribution >= 0.6 is 11.3 Å². The number of thiophene rings is 1. The van der Waals surface area contributed by atoms with Gasteiger partial charge in [0.2, 0.25) is 0 Å². The fraction of sp³-hybridized carbons (Fsp3) is 0. The lowest BCUT2D eigenvalue weighted by Gasteiger charge is -2.13. The largest absolute Gasteiger partial charge is 0.208 e. The lowest BCUT2D eigenvalue weighted by Crippen LogP contribution is -2.00. The third-order valence-electron chi connectivity index (χ3n) is 7.83. The number of fused-ring (bicyclic) bond motifs is 3. The van der Waals surface area contributed by atoms with Crippen LogP contribution in [0, 0.1) is 0 Å². The highest BCUT2D eigenvalue weighted by Gasteiger charge is 2.17. The van der Waals surface area contributed by atoms with Crippen molar-refractivity contribution in [2.45, 2.75) is 0 Å². The first-order valence-corrected chi connectivity index (χ1v) is 16.0. The molecule has 9 aromatic rings. The molecule has 0 aliphatic rings. The molecule has 7 aromatic carbocycles. The highest BCUT2D eigenvalue weighted by molar-refractivity contribution is 7.26. The second-order valence-corrected chi connectivity index (χ2v) is 11.9. The van der Waals surface area contributed by atoms with Gasteiger partial charge in [0.05, 0.1) is 20.6 Å². The van der Waals surface area contributed by atoms with E-state index in [9.17, 15) is 5.48 Å². The van der Waals surface area contributed by atoms with Gasteiger partial charge in [0.1, 0.15) is 0 Å². The topological polar surface area (TPSA) is 38.7 Å². The molecule has 0 fully saturated rings. The minimum absolute atomic E-state index is 0.00474. The molecule has 0 atom stereocenters. The van der Waals surface area contributed by atoms with Gasteiger partial charge in [-0.1, -0.05) is 151 Å². The molecule has 0 aliphatic carbocycles. The first-order valence-electron chi connectivity index (χ1n) is 22.6. The summed E-state index contributed by atoms with van der Waals surface area (Å²) in [6.45, 7) is 0. The zero-order valence-electron chi connectivity index (χ0n) is 40.3. The smallest absolute Gasteiger partial charge is 0.164 e. The second kappa shape index (κ2) is 12.4. The van der Waals surface area contributed by atoms with Gasteiger partial charge in [0.15, 0.2) is 17.5 Å². The quantitative estimate of drug-likeness (QED) is 0.178. The van der Waals surface area contributed by atoms with Crippen molar-refractivity contribution in [3.63, 3.8) is 0 Å². The van der Waals surface area contributed by atoms with Crippen LogP contribution in [0.5, 0.6) is 0 Å². The molecule has 9 rings (SSSR count). The summed E-state index contributed by atoms with van der Waals surface area (Å²) < 4.78 is 134. The van der Waals surface area contributed by atoms with Gasteiger partial charge in [0, 0.05) is 36.9 Å². The summed E-state index contributed by atoms with van der Waals surface area (Å²) in [5.74, 6) is -0.0369. The average molecular weight is 659 g/mol. The molecular formula is C45H29N3S. The summed E-state index contributed by atoms with van der Waals surface area (Å²) in [4.78, 5) is 14.3. The lowest BCUT2D eigenvalue weighted by molar-refractivity contribution is 1.07. The van der Waals surface area contributed by atoms with Gasteiger partial charge in [-0.3, -0.25) is 0 Å². The molecule has 0 unspecified atom stereocenters. The van der Waals surface area contributed by atoms with Gasteiger partial charge < -0.3 is 0 Å². The number of rotatable bonds is 6. The molecule has 0 aliphatic heterocycles. The molecule has 0 amide bonds. The molecule has 2 aromatic heterocycles. The average Bonchev–Trinajstić information content (AvgIpc) is 3.71. The van der Waals surface area contributed by atoms with Crippen LogP contribution < -0.4 is 0 Å². The van der Waals surface area contributed by atoms with E-state index in [-0.39, 0.29) is 48.8 Å². The van der Waals surface area contributed by atoms with E-state index in [1.807, 2.05) is 42.5 Å². The highest BCUT2D eigenvalue weighted by atomic mass is 32.1. The zero-order chi connectivity index (χ0) is 45.6. The molecule has 0 radical (unpaired) electrons. The van der Waals surface area contributed by atoms with E-state index in [0.717, 1.165) is 22.5 Å². The number of nitrogens with zero attached hydrogens (tertiary/aromatic N) is 3. The van der Waals surface area contributed by atoms with Crippen LogP contribution in [-0.2, 0) is 0 Å². The van der Waals surface area contributed by atoms with Gasteiger partial charge in [-0.25, -0.2) is 15.0 Å². The van der Waals surface area contributed by atoms with Crippen LogP contribution in [0.15, 0.2) is 176 Å². The van der Waals surface area contributed by atoms with E-state index in [1.165, 1.54) is 0 Å². The van der Waals surface area contributed by atoms with Gasteiger partial charge in [-0.15, -0.1) is 11.3 Å². The molecule has 0 N–H and O–H groups in total. The zero-order valence-corrected chi connectivity index (χ0v) is 26.1. The highest BCUT2D eigenvalue weighted by Crippen LogP contribution is 2.42. The van der Waals surface area contributed by atoms with Crippen LogP contribution in [0.25, 0.3) is 87.7 Å². The monoisotopic (exact) mass is 658 g/mol. The summed E-state index contributed by atoms with van der Waals surface area (Å²) in [7, 11) is 0. The Morgan fingerprint density at radius 2 is 0.918 bits per heavy atom. The van der Waals surface area contributed by atoms with E-state index < -0.39 is 107 Å². The van der Waals surface area contributed by atoms with Gasteiger partial charge in [-0.05, 0) is 57.6 Å². The predicted octanol–water partition coefficient (Wildman–Crippen LogP) is 12.2. The summed E-state index contributed by atoms with van der Waals surface area (Å²) in [5.41, 5.74) is 0.682. The Kier molecular flexibility index (Phi) is 4.37. The molecule has 0 saturated carbocycles. The van der Waals surface area contributed by atoms with Crippen molar-refractivity contribution in [1.82, 2.24) is 15.0 Å². The maximum atomic E-state index is 9.89. The van der Waals surface area contributed by atoms with Gasteiger partial charge in [0.25, 0.3) is 0 Å².